The smallest absolute Gasteiger partial charge is 0.308 e. The maximum atomic E-state index is 11.5. The zero-order chi connectivity index (χ0) is 13.7. The Balaban J connectivity index is 2.26. The molecule has 1 rings (SSSR count). The van der Waals surface area contributed by atoms with Crippen LogP contribution < -0.4 is 0 Å². The third-order valence-corrected chi connectivity index (χ3v) is 3.88. The first kappa shape index (κ1) is 15.5. The number of esters is 1. The fraction of sp³-hybridized carbons (Fsp3) is 0.933. The Bertz CT molecular complexity index is 255. The van der Waals surface area contributed by atoms with Crippen LogP contribution in [-0.4, -0.2) is 36.6 Å². The van der Waals surface area contributed by atoms with Gasteiger partial charge in [-0.3, -0.25) is 9.69 Å². The normalized spacial score (nSPS) is 20.4. The third kappa shape index (κ3) is 4.97. The molecule has 1 atom stereocenters. The molecule has 3 heteroatoms. The molecule has 0 unspecified atom stereocenters. The first-order chi connectivity index (χ1) is 8.40. The van der Waals surface area contributed by atoms with E-state index in [1.165, 1.54) is 12.8 Å². The van der Waals surface area contributed by atoms with Crippen LogP contribution in [0.5, 0.6) is 0 Å². The van der Waals surface area contributed by atoms with Crippen molar-refractivity contribution in [2.45, 2.75) is 53.6 Å². The molecule has 0 saturated carbocycles. The first-order valence-electron chi connectivity index (χ1n) is 7.33. The van der Waals surface area contributed by atoms with Crippen molar-refractivity contribution in [1.82, 2.24) is 4.90 Å². The Morgan fingerprint density at radius 3 is 2.17 bits per heavy atom. The summed E-state index contributed by atoms with van der Waals surface area (Å²) < 4.78 is 5.41. The lowest BCUT2D eigenvalue weighted by Crippen LogP contribution is -2.40. The van der Waals surface area contributed by atoms with Gasteiger partial charge >= 0.3 is 5.97 Å². The molecule has 0 spiro atoms. The Kier molecular flexibility index (Phi) is 6.13. The number of nitrogens with zero attached hydrogens (tertiary/aromatic N) is 1. The fourth-order valence-corrected chi connectivity index (χ4v) is 2.54. The van der Waals surface area contributed by atoms with Gasteiger partial charge < -0.3 is 4.74 Å². The minimum Gasteiger partial charge on any atom is -0.461 e. The van der Waals surface area contributed by atoms with Crippen LogP contribution >= 0.6 is 0 Å². The van der Waals surface area contributed by atoms with E-state index < -0.39 is 0 Å². The highest BCUT2D eigenvalue weighted by atomic mass is 16.5. The zero-order valence-corrected chi connectivity index (χ0v) is 12.6. The van der Waals surface area contributed by atoms with Crippen LogP contribution in [0.3, 0.4) is 0 Å². The predicted octanol–water partition coefficient (Wildman–Crippen LogP) is 2.94. The van der Waals surface area contributed by atoms with E-state index in [0.29, 0.717) is 0 Å². The minimum atomic E-state index is -0.0837. The van der Waals surface area contributed by atoms with Gasteiger partial charge in [-0.25, -0.2) is 0 Å². The predicted molar refractivity (Wildman–Crippen MR) is 74.4 cm³/mol. The molecule has 0 aromatic rings. The van der Waals surface area contributed by atoms with Crippen LogP contribution in [-0.2, 0) is 9.53 Å². The Morgan fingerprint density at radius 2 is 1.72 bits per heavy atom. The highest BCUT2D eigenvalue weighted by Crippen LogP contribution is 2.24. The highest BCUT2D eigenvalue weighted by molar-refractivity contribution is 5.71. The van der Waals surface area contributed by atoms with Crippen molar-refractivity contribution in [3.8, 4) is 0 Å². The van der Waals surface area contributed by atoms with Crippen molar-refractivity contribution in [3.63, 3.8) is 0 Å². The molecule has 0 N–H and O–H groups in total. The second-order valence-corrected chi connectivity index (χ2v) is 6.28. The molecule has 0 bridgehead atoms. The molecule has 1 aliphatic rings. The van der Waals surface area contributed by atoms with Crippen LogP contribution in [0.4, 0.5) is 0 Å². The molecule has 1 fully saturated rings. The summed E-state index contributed by atoms with van der Waals surface area (Å²) >= 11 is 0. The standard InChI is InChI=1S/C15H29NO2/c1-11(2)14-6-8-16(9-7-14)10-13(5)18-15(17)12(3)4/h11-14H,6-10H2,1-5H3/t13-/m1/s1. The van der Waals surface area contributed by atoms with Gasteiger partial charge in [-0.05, 0) is 44.7 Å². The van der Waals surface area contributed by atoms with Crippen LogP contribution in [0.1, 0.15) is 47.5 Å². The molecule has 1 heterocycles. The molecule has 0 radical (unpaired) electrons. The van der Waals surface area contributed by atoms with Crippen molar-refractivity contribution < 1.29 is 9.53 Å². The summed E-state index contributed by atoms with van der Waals surface area (Å²) in [6.45, 7) is 13.5. The summed E-state index contributed by atoms with van der Waals surface area (Å²) in [5.41, 5.74) is 0. The first-order valence-corrected chi connectivity index (χ1v) is 7.33. The molecule has 0 aliphatic carbocycles. The molecular formula is C15H29NO2. The van der Waals surface area contributed by atoms with Gasteiger partial charge in [0.05, 0.1) is 5.92 Å². The Labute approximate surface area is 112 Å². The average Bonchev–Trinajstić information content (AvgIpc) is 2.29. The quantitative estimate of drug-likeness (QED) is 0.707. The van der Waals surface area contributed by atoms with E-state index in [-0.39, 0.29) is 18.0 Å². The number of likely N-dealkylation sites (tertiary alicyclic amines) is 1. The maximum absolute atomic E-state index is 11.5. The van der Waals surface area contributed by atoms with E-state index >= 15 is 0 Å². The molecule has 106 valence electrons. The molecule has 1 saturated heterocycles. The van der Waals surface area contributed by atoms with Crippen molar-refractivity contribution >= 4 is 5.97 Å². The number of carbonyl (C=O) groups is 1. The number of piperidine rings is 1. The number of rotatable bonds is 5. The number of hydrogen-bond donors (Lipinski definition) is 0. The molecular weight excluding hydrogens is 226 g/mol. The Morgan fingerprint density at radius 1 is 1.17 bits per heavy atom. The lowest BCUT2D eigenvalue weighted by atomic mass is 9.87. The van der Waals surface area contributed by atoms with Crippen molar-refractivity contribution in [3.05, 3.63) is 0 Å². The minimum absolute atomic E-state index is 0.00972. The van der Waals surface area contributed by atoms with Gasteiger partial charge in [-0.15, -0.1) is 0 Å². The lowest BCUT2D eigenvalue weighted by Gasteiger charge is -2.35. The second kappa shape index (κ2) is 7.13. The summed E-state index contributed by atoms with van der Waals surface area (Å²) in [5, 5.41) is 0. The summed E-state index contributed by atoms with van der Waals surface area (Å²) in [7, 11) is 0. The van der Waals surface area contributed by atoms with Gasteiger partial charge in [-0.2, -0.15) is 0 Å². The zero-order valence-electron chi connectivity index (χ0n) is 12.6. The highest BCUT2D eigenvalue weighted by Gasteiger charge is 2.23. The number of carbonyl (C=O) groups excluding carboxylic acids is 1. The van der Waals surface area contributed by atoms with E-state index in [1.807, 2.05) is 20.8 Å². The van der Waals surface area contributed by atoms with Gasteiger partial charge in [0.2, 0.25) is 0 Å². The summed E-state index contributed by atoms with van der Waals surface area (Å²) in [5.74, 6) is 1.55. The van der Waals surface area contributed by atoms with Crippen LogP contribution in [0.25, 0.3) is 0 Å². The van der Waals surface area contributed by atoms with E-state index in [9.17, 15) is 4.79 Å². The third-order valence-electron chi connectivity index (χ3n) is 3.88. The topological polar surface area (TPSA) is 29.5 Å². The number of hydrogen-bond acceptors (Lipinski definition) is 3. The molecule has 3 nitrogen and oxygen atoms in total. The lowest BCUT2D eigenvalue weighted by molar-refractivity contribution is -0.153. The average molecular weight is 255 g/mol. The molecule has 1 aliphatic heterocycles. The molecule has 0 amide bonds. The summed E-state index contributed by atoms with van der Waals surface area (Å²) in [6, 6.07) is 0. The molecule has 18 heavy (non-hydrogen) atoms. The molecule has 0 aromatic carbocycles. The summed E-state index contributed by atoms with van der Waals surface area (Å²) in [4.78, 5) is 13.9. The second-order valence-electron chi connectivity index (χ2n) is 6.28. The van der Waals surface area contributed by atoms with Crippen LogP contribution in [0.2, 0.25) is 0 Å². The number of ether oxygens (including phenoxy) is 1. The van der Waals surface area contributed by atoms with Gasteiger partial charge in [0.1, 0.15) is 6.10 Å². The largest absolute Gasteiger partial charge is 0.461 e. The van der Waals surface area contributed by atoms with Crippen molar-refractivity contribution in [2.24, 2.45) is 17.8 Å². The fourth-order valence-electron chi connectivity index (χ4n) is 2.54. The SMILES string of the molecule is CC(C)C(=O)O[C@H](C)CN1CCC(C(C)C)CC1. The van der Waals surface area contributed by atoms with E-state index in [4.69, 9.17) is 4.74 Å². The molecule has 0 aromatic heterocycles. The van der Waals surface area contributed by atoms with Gasteiger partial charge in [0, 0.05) is 6.54 Å². The van der Waals surface area contributed by atoms with Crippen LogP contribution in [0, 0.1) is 17.8 Å². The monoisotopic (exact) mass is 255 g/mol. The van der Waals surface area contributed by atoms with Crippen molar-refractivity contribution in [2.75, 3.05) is 19.6 Å². The van der Waals surface area contributed by atoms with Gasteiger partial charge in [-0.1, -0.05) is 27.7 Å². The van der Waals surface area contributed by atoms with Crippen LogP contribution in [0.15, 0.2) is 0 Å². The van der Waals surface area contributed by atoms with E-state index in [1.54, 1.807) is 0 Å². The van der Waals surface area contributed by atoms with E-state index in [0.717, 1.165) is 31.5 Å². The van der Waals surface area contributed by atoms with Gasteiger partial charge in [0.15, 0.2) is 0 Å². The van der Waals surface area contributed by atoms with Crippen molar-refractivity contribution in [1.29, 1.82) is 0 Å². The maximum Gasteiger partial charge on any atom is 0.308 e. The Hall–Kier alpha value is -0.570. The van der Waals surface area contributed by atoms with E-state index in [2.05, 4.69) is 18.7 Å². The van der Waals surface area contributed by atoms with Gasteiger partial charge in [0.25, 0.3) is 0 Å². The summed E-state index contributed by atoms with van der Waals surface area (Å²) in [6.07, 6.45) is 2.57.